The molecule has 0 aliphatic carbocycles. The lowest BCUT2D eigenvalue weighted by molar-refractivity contribution is 0.0943. The molecule has 1 N–H and O–H groups in total. The number of amides is 1. The Hall–Kier alpha value is -0.250. The molecule has 0 fully saturated rings. The van der Waals surface area contributed by atoms with Gasteiger partial charge in [-0.2, -0.15) is 0 Å². The van der Waals surface area contributed by atoms with Crippen molar-refractivity contribution in [2.75, 3.05) is 5.88 Å². The topological polar surface area (TPSA) is 29.1 Å². The van der Waals surface area contributed by atoms with Crippen molar-refractivity contribution in [3.8, 4) is 0 Å². The first-order chi connectivity index (χ1) is 7.06. The van der Waals surface area contributed by atoms with Crippen LogP contribution in [0.2, 0.25) is 5.02 Å². The van der Waals surface area contributed by atoms with E-state index in [1.54, 1.807) is 18.2 Å². The summed E-state index contributed by atoms with van der Waals surface area (Å²) in [5.74, 6) is 0.159. The van der Waals surface area contributed by atoms with Gasteiger partial charge in [0.1, 0.15) is 0 Å². The minimum absolute atomic E-state index is 0.0748. The van der Waals surface area contributed by atoms with Crippen LogP contribution in [0.3, 0.4) is 0 Å². The third-order valence-corrected chi connectivity index (χ3v) is 3.56. The molecule has 1 amide bonds. The standard InChI is InChI=1S/C10H10BrCl2NO/c1-6(5-12)14-10(15)7-3-2-4-8(11)9(7)13/h2-4,6H,5H2,1H3,(H,14,15). The van der Waals surface area contributed by atoms with Crippen LogP contribution in [-0.2, 0) is 0 Å². The first-order valence-corrected chi connectivity index (χ1v) is 6.07. The smallest absolute Gasteiger partial charge is 0.253 e. The molecule has 1 rings (SSSR count). The van der Waals surface area contributed by atoms with Crippen molar-refractivity contribution in [3.05, 3.63) is 33.3 Å². The van der Waals surface area contributed by atoms with Crippen LogP contribution in [0.1, 0.15) is 17.3 Å². The molecule has 0 aromatic heterocycles. The van der Waals surface area contributed by atoms with Gasteiger partial charge in [-0.1, -0.05) is 17.7 Å². The molecule has 82 valence electrons. The molecule has 0 spiro atoms. The summed E-state index contributed by atoms with van der Waals surface area (Å²) < 4.78 is 0.704. The number of hydrogen-bond acceptors (Lipinski definition) is 1. The molecular weight excluding hydrogens is 301 g/mol. The van der Waals surface area contributed by atoms with Crippen molar-refractivity contribution < 1.29 is 4.79 Å². The van der Waals surface area contributed by atoms with Crippen LogP contribution in [0, 0.1) is 0 Å². The van der Waals surface area contributed by atoms with Crippen molar-refractivity contribution in [1.29, 1.82) is 0 Å². The summed E-state index contributed by atoms with van der Waals surface area (Å²) in [6, 6.07) is 5.14. The van der Waals surface area contributed by atoms with Gasteiger partial charge in [0.05, 0.1) is 10.6 Å². The normalized spacial score (nSPS) is 12.3. The monoisotopic (exact) mass is 309 g/mol. The lowest BCUT2D eigenvalue weighted by atomic mass is 10.2. The highest BCUT2D eigenvalue weighted by molar-refractivity contribution is 9.10. The van der Waals surface area contributed by atoms with E-state index in [2.05, 4.69) is 21.2 Å². The molecule has 0 heterocycles. The fourth-order valence-electron chi connectivity index (χ4n) is 1.02. The van der Waals surface area contributed by atoms with E-state index in [1.165, 1.54) is 0 Å². The molecule has 0 bridgehead atoms. The molecule has 0 aliphatic rings. The maximum Gasteiger partial charge on any atom is 0.253 e. The predicted molar refractivity (Wildman–Crippen MR) is 66.8 cm³/mol. The molecule has 2 nitrogen and oxygen atoms in total. The first-order valence-electron chi connectivity index (χ1n) is 4.37. The number of hydrogen-bond donors (Lipinski definition) is 1. The van der Waals surface area contributed by atoms with E-state index in [0.29, 0.717) is 20.9 Å². The Morgan fingerprint density at radius 3 is 2.87 bits per heavy atom. The van der Waals surface area contributed by atoms with Gasteiger partial charge < -0.3 is 5.32 Å². The molecule has 1 aromatic rings. The fourth-order valence-corrected chi connectivity index (χ4v) is 1.67. The van der Waals surface area contributed by atoms with Crippen LogP contribution in [0.15, 0.2) is 22.7 Å². The molecular formula is C10H10BrCl2NO. The third kappa shape index (κ3) is 3.37. The van der Waals surface area contributed by atoms with Crippen LogP contribution in [0.5, 0.6) is 0 Å². The van der Waals surface area contributed by atoms with Gasteiger partial charge in [-0.05, 0) is 35.0 Å². The maximum absolute atomic E-state index is 11.7. The van der Waals surface area contributed by atoms with E-state index < -0.39 is 0 Å². The molecule has 0 radical (unpaired) electrons. The summed E-state index contributed by atoms with van der Waals surface area (Å²) in [4.78, 5) is 11.7. The van der Waals surface area contributed by atoms with Gasteiger partial charge in [0, 0.05) is 16.4 Å². The number of carbonyl (C=O) groups is 1. The van der Waals surface area contributed by atoms with Gasteiger partial charge in [-0.3, -0.25) is 4.79 Å². The highest BCUT2D eigenvalue weighted by atomic mass is 79.9. The van der Waals surface area contributed by atoms with E-state index in [9.17, 15) is 4.79 Å². The summed E-state index contributed by atoms with van der Waals surface area (Å²) in [5, 5.41) is 3.15. The lowest BCUT2D eigenvalue weighted by Gasteiger charge is -2.11. The SMILES string of the molecule is CC(CCl)NC(=O)c1cccc(Br)c1Cl. The molecule has 1 atom stereocenters. The van der Waals surface area contributed by atoms with Crippen molar-refractivity contribution in [2.24, 2.45) is 0 Å². The number of halogens is 3. The Kier molecular flexibility index (Phi) is 4.90. The van der Waals surface area contributed by atoms with Crippen LogP contribution < -0.4 is 5.32 Å². The number of rotatable bonds is 3. The minimum Gasteiger partial charge on any atom is -0.348 e. The Morgan fingerprint density at radius 2 is 2.27 bits per heavy atom. The molecule has 15 heavy (non-hydrogen) atoms. The summed E-state index contributed by atoms with van der Waals surface area (Å²) in [5.41, 5.74) is 0.447. The average molecular weight is 311 g/mol. The zero-order valence-corrected chi connectivity index (χ0v) is 11.2. The van der Waals surface area contributed by atoms with Gasteiger partial charge in [0.15, 0.2) is 0 Å². The Bertz CT molecular complexity index is 370. The first kappa shape index (κ1) is 12.8. The van der Waals surface area contributed by atoms with Gasteiger partial charge in [0.2, 0.25) is 0 Å². The summed E-state index contributed by atoms with van der Waals surface area (Å²) >= 11 is 14.8. The molecule has 1 unspecified atom stereocenters. The average Bonchev–Trinajstić information content (AvgIpc) is 2.21. The Labute approximate surface area is 107 Å². The van der Waals surface area contributed by atoms with Gasteiger partial charge >= 0.3 is 0 Å². The molecule has 0 saturated carbocycles. The van der Waals surface area contributed by atoms with E-state index in [4.69, 9.17) is 23.2 Å². The van der Waals surface area contributed by atoms with Crippen LogP contribution in [-0.4, -0.2) is 17.8 Å². The minimum atomic E-state index is -0.213. The number of alkyl halides is 1. The second kappa shape index (κ2) is 5.73. The van der Waals surface area contributed by atoms with Crippen molar-refractivity contribution >= 4 is 45.0 Å². The number of carbonyl (C=O) groups excluding carboxylic acids is 1. The van der Waals surface area contributed by atoms with Gasteiger partial charge in [0.25, 0.3) is 5.91 Å². The van der Waals surface area contributed by atoms with Crippen molar-refractivity contribution in [1.82, 2.24) is 5.32 Å². The molecule has 5 heteroatoms. The number of benzene rings is 1. The predicted octanol–water partition coefficient (Wildman–Crippen LogP) is 3.46. The zero-order chi connectivity index (χ0) is 11.4. The van der Waals surface area contributed by atoms with E-state index >= 15 is 0 Å². The summed E-state index contributed by atoms with van der Waals surface area (Å²) in [6.07, 6.45) is 0. The van der Waals surface area contributed by atoms with E-state index in [1.807, 2.05) is 6.92 Å². The third-order valence-electron chi connectivity index (χ3n) is 1.81. The van der Waals surface area contributed by atoms with Crippen molar-refractivity contribution in [3.63, 3.8) is 0 Å². The largest absolute Gasteiger partial charge is 0.348 e. The Morgan fingerprint density at radius 1 is 1.60 bits per heavy atom. The fraction of sp³-hybridized carbons (Fsp3) is 0.300. The van der Waals surface area contributed by atoms with E-state index in [0.717, 1.165) is 0 Å². The molecule has 0 saturated heterocycles. The highest BCUT2D eigenvalue weighted by Gasteiger charge is 2.13. The summed E-state index contributed by atoms with van der Waals surface area (Å²) in [6.45, 7) is 1.83. The summed E-state index contributed by atoms with van der Waals surface area (Å²) in [7, 11) is 0. The molecule has 1 aromatic carbocycles. The number of nitrogens with one attached hydrogen (secondary N) is 1. The van der Waals surface area contributed by atoms with E-state index in [-0.39, 0.29) is 11.9 Å². The van der Waals surface area contributed by atoms with Gasteiger partial charge in [-0.25, -0.2) is 0 Å². The van der Waals surface area contributed by atoms with Crippen LogP contribution >= 0.6 is 39.1 Å². The maximum atomic E-state index is 11.7. The quantitative estimate of drug-likeness (QED) is 0.851. The van der Waals surface area contributed by atoms with Crippen molar-refractivity contribution in [2.45, 2.75) is 13.0 Å². The highest BCUT2D eigenvalue weighted by Crippen LogP contribution is 2.25. The Balaban J connectivity index is 2.87. The zero-order valence-electron chi connectivity index (χ0n) is 8.06. The molecule has 0 aliphatic heterocycles. The van der Waals surface area contributed by atoms with Crippen LogP contribution in [0.25, 0.3) is 0 Å². The van der Waals surface area contributed by atoms with Gasteiger partial charge in [-0.15, -0.1) is 11.6 Å². The second-order valence-electron chi connectivity index (χ2n) is 3.13. The second-order valence-corrected chi connectivity index (χ2v) is 4.67. The van der Waals surface area contributed by atoms with Crippen LogP contribution in [0.4, 0.5) is 0 Å². The lowest BCUT2D eigenvalue weighted by Crippen LogP contribution is -2.33.